The molecule has 0 unspecified atom stereocenters. The highest BCUT2D eigenvalue weighted by Gasteiger charge is 2.31. The van der Waals surface area contributed by atoms with Gasteiger partial charge < -0.3 is 24.4 Å². The molecule has 0 fully saturated rings. The first-order valence-electron chi connectivity index (χ1n) is 13.0. The first-order valence-corrected chi connectivity index (χ1v) is 13.0. The number of nitrogens with one attached hydrogen (secondary N) is 1. The summed E-state index contributed by atoms with van der Waals surface area (Å²) in [5, 5.41) is 3.04. The molecule has 40 heavy (non-hydrogen) atoms. The quantitative estimate of drug-likeness (QED) is 0.264. The average molecular weight is 539 g/mol. The summed E-state index contributed by atoms with van der Waals surface area (Å²) in [6, 6.07) is 31.1. The zero-order chi connectivity index (χ0) is 28.3. The van der Waals surface area contributed by atoms with Gasteiger partial charge in [0.05, 0.1) is 27.8 Å². The molecule has 0 heterocycles. The fourth-order valence-electron chi connectivity index (χ4n) is 4.51. The minimum atomic E-state index is -0.848. The van der Waals surface area contributed by atoms with E-state index in [0.717, 1.165) is 22.3 Å². The van der Waals surface area contributed by atoms with Crippen molar-refractivity contribution in [2.45, 2.75) is 25.6 Å². The van der Waals surface area contributed by atoms with Gasteiger partial charge in [-0.1, -0.05) is 78.9 Å². The molecule has 0 spiro atoms. The Kier molecular flexibility index (Phi) is 9.77. The Morgan fingerprint density at radius 3 is 1.95 bits per heavy atom. The predicted molar refractivity (Wildman–Crippen MR) is 154 cm³/mol. The van der Waals surface area contributed by atoms with Crippen molar-refractivity contribution >= 4 is 11.8 Å². The van der Waals surface area contributed by atoms with Crippen LogP contribution in [0.4, 0.5) is 0 Å². The molecular weight excluding hydrogens is 504 g/mol. The van der Waals surface area contributed by atoms with Crippen LogP contribution in [0.25, 0.3) is 0 Å². The van der Waals surface area contributed by atoms with Gasteiger partial charge in [0.1, 0.15) is 11.8 Å². The molecule has 0 aliphatic carbocycles. The van der Waals surface area contributed by atoms with Gasteiger partial charge in [0, 0.05) is 13.1 Å². The number of nitrogens with zero attached hydrogens (tertiary/aromatic N) is 1. The van der Waals surface area contributed by atoms with Crippen LogP contribution in [-0.2, 0) is 29.1 Å². The summed E-state index contributed by atoms with van der Waals surface area (Å²) in [7, 11) is 4.73. The molecule has 7 heteroatoms. The predicted octanol–water partition coefficient (Wildman–Crippen LogP) is 5.34. The molecule has 7 nitrogen and oxygen atoms in total. The second-order valence-corrected chi connectivity index (χ2v) is 9.25. The van der Waals surface area contributed by atoms with Gasteiger partial charge in [0.25, 0.3) is 0 Å². The van der Waals surface area contributed by atoms with Crippen molar-refractivity contribution in [1.82, 2.24) is 10.2 Å². The number of rotatable bonds is 12. The third-order valence-corrected chi connectivity index (χ3v) is 6.62. The van der Waals surface area contributed by atoms with Crippen LogP contribution in [0.3, 0.4) is 0 Å². The lowest BCUT2D eigenvalue weighted by atomic mass is 10.0. The van der Waals surface area contributed by atoms with E-state index in [-0.39, 0.29) is 24.8 Å². The highest BCUT2D eigenvalue weighted by atomic mass is 16.5. The molecule has 0 saturated heterocycles. The van der Waals surface area contributed by atoms with Gasteiger partial charge >= 0.3 is 0 Å². The Labute approximate surface area is 235 Å². The van der Waals surface area contributed by atoms with Crippen LogP contribution in [0.1, 0.15) is 28.3 Å². The van der Waals surface area contributed by atoms with Crippen molar-refractivity contribution < 1.29 is 23.8 Å². The van der Waals surface area contributed by atoms with E-state index >= 15 is 0 Å². The third-order valence-electron chi connectivity index (χ3n) is 6.62. The zero-order valence-corrected chi connectivity index (χ0v) is 23.0. The number of ether oxygens (including phenoxy) is 3. The Hall–Kier alpha value is -4.78. The fraction of sp³-hybridized carbons (Fsp3) is 0.212. The molecule has 0 radical (unpaired) electrons. The van der Waals surface area contributed by atoms with Crippen molar-refractivity contribution in [3.8, 4) is 17.2 Å². The van der Waals surface area contributed by atoms with Gasteiger partial charge in [0.15, 0.2) is 11.5 Å². The number of carbonyl (C=O) groups excluding carboxylic acids is 2. The molecule has 4 rings (SSSR count). The van der Waals surface area contributed by atoms with Crippen LogP contribution in [0.2, 0.25) is 0 Å². The molecule has 4 aromatic carbocycles. The van der Waals surface area contributed by atoms with Gasteiger partial charge in [-0.3, -0.25) is 9.59 Å². The van der Waals surface area contributed by atoms with Gasteiger partial charge in [-0.2, -0.15) is 0 Å². The van der Waals surface area contributed by atoms with Gasteiger partial charge in [0.2, 0.25) is 11.8 Å². The normalized spacial score (nSPS) is 11.3. The maximum Gasteiger partial charge on any atom is 0.247 e. The molecule has 1 atom stereocenters. The SMILES string of the molecule is COc1ccc(CN(C(=O)Cc2ccc(OC)c(OC)c2)[C@H](C(=O)NCc2ccccc2)c2ccccc2)cc1. The fourth-order valence-corrected chi connectivity index (χ4v) is 4.51. The van der Waals surface area contributed by atoms with Crippen molar-refractivity contribution in [2.24, 2.45) is 0 Å². The highest BCUT2D eigenvalue weighted by Crippen LogP contribution is 2.30. The molecule has 4 aromatic rings. The summed E-state index contributed by atoms with van der Waals surface area (Å²) in [4.78, 5) is 29.5. The van der Waals surface area contributed by atoms with Crippen molar-refractivity contribution in [1.29, 1.82) is 0 Å². The van der Waals surface area contributed by atoms with Crippen molar-refractivity contribution in [3.05, 3.63) is 125 Å². The smallest absolute Gasteiger partial charge is 0.247 e. The van der Waals surface area contributed by atoms with Gasteiger partial charge in [-0.15, -0.1) is 0 Å². The van der Waals surface area contributed by atoms with Crippen LogP contribution in [0.15, 0.2) is 103 Å². The summed E-state index contributed by atoms with van der Waals surface area (Å²) < 4.78 is 16.1. The Morgan fingerprint density at radius 1 is 0.700 bits per heavy atom. The Bertz CT molecular complexity index is 1390. The second-order valence-electron chi connectivity index (χ2n) is 9.25. The average Bonchev–Trinajstić information content (AvgIpc) is 3.01. The first kappa shape index (κ1) is 28.2. The van der Waals surface area contributed by atoms with Gasteiger partial charge in [-0.25, -0.2) is 0 Å². The zero-order valence-electron chi connectivity index (χ0n) is 23.0. The lowest BCUT2D eigenvalue weighted by Crippen LogP contribution is -2.43. The third kappa shape index (κ3) is 7.20. The molecule has 206 valence electrons. The maximum atomic E-state index is 14.0. The van der Waals surface area contributed by atoms with Gasteiger partial charge in [-0.05, 0) is 46.5 Å². The minimum Gasteiger partial charge on any atom is -0.497 e. The summed E-state index contributed by atoms with van der Waals surface area (Å²) in [5.41, 5.74) is 3.32. The summed E-state index contributed by atoms with van der Waals surface area (Å²) in [6.07, 6.45) is 0.0752. The van der Waals surface area contributed by atoms with Crippen LogP contribution < -0.4 is 19.5 Å². The maximum absolute atomic E-state index is 14.0. The van der Waals surface area contributed by atoms with E-state index in [4.69, 9.17) is 14.2 Å². The standard InChI is InChI=1S/C33H34N2O5/c1-38-28-17-14-25(15-18-28)23-35(31(36)21-26-16-19-29(39-2)30(20-26)40-3)32(27-12-8-5-9-13-27)33(37)34-22-24-10-6-4-7-11-24/h4-20,32H,21-23H2,1-3H3,(H,34,37)/t32-/m0/s1. The number of benzene rings is 4. The molecule has 0 aromatic heterocycles. The van der Waals surface area contributed by atoms with Crippen LogP contribution >= 0.6 is 0 Å². The van der Waals surface area contributed by atoms with E-state index in [1.807, 2.05) is 91.0 Å². The van der Waals surface area contributed by atoms with E-state index in [0.29, 0.717) is 23.8 Å². The molecule has 0 bridgehead atoms. The topological polar surface area (TPSA) is 77.1 Å². The van der Waals surface area contributed by atoms with E-state index in [1.165, 1.54) is 0 Å². The molecule has 0 saturated carbocycles. The van der Waals surface area contributed by atoms with Crippen molar-refractivity contribution in [3.63, 3.8) is 0 Å². The van der Waals surface area contributed by atoms with E-state index in [2.05, 4.69) is 5.32 Å². The summed E-state index contributed by atoms with van der Waals surface area (Å²) >= 11 is 0. The van der Waals surface area contributed by atoms with E-state index in [9.17, 15) is 9.59 Å². The molecule has 2 amide bonds. The monoisotopic (exact) mass is 538 g/mol. The lowest BCUT2D eigenvalue weighted by Gasteiger charge is -2.32. The first-order chi connectivity index (χ1) is 19.5. The van der Waals surface area contributed by atoms with Crippen LogP contribution in [0.5, 0.6) is 17.2 Å². The van der Waals surface area contributed by atoms with E-state index in [1.54, 1.807) is 38.4 Å². The van der Waals surface area contributed by atoms with Crippen LogP contribution in [-0.4, -0.2) is 38.0 Å². The number of hydrogen-bond donors (Lipinski definition) is 1. The summed E-state index contributed by atoms with van der Waals surface area (Å²) in [6.45, 7) is 0.581. The Morgan fingerprint density at radius 2 is 1.32 bits per heavy atom. The summed E-state index contributed by atoms with van der Waals surface area (Å²) in [5.74, 6) is 1.37. The highest BCUT2D eigenvalue weighted by molar-refractivity contribution is 5.89. The largest absolute Gasteiger partial charge is 0.497 e. The molecule has 0 aliphatic heterocycles. The molecule has 1 N–H and O–H groups in total. The van der Waals surface area contributed by atoms with E-state index < -0.39 is 6.04 Å². The second kappa shape index (κ2) is 13.8. The number of hydrogen-bond acceptors (Lipinski definition) is 5. The molecule has 0 aliphatic rings. The number of amides is 2. The molecular formula is C33H34N2O5. The van der Waals surface area contributed by atoms with Crippen molar-refractivity contribution in [2.75, 3.05) is 21.3 Å². The van der Waals surface area contributed by atoms with Crippen LogP contribution in [0, 0.1) is 0 Å². The Balaban J connectivity index is 1.69. The minimum absolute atomic E-state index is 0.0752. The lowest BCUT2D eigenvalue weighted by molar-refractivity contribution is -0.141. The number of methoxy groups -OCH3 is 3. The number of carbonyl (C=O) groups is 2.